The van der Waals surface area contributed by atoms with E-state index < -0.39 is 5.97 Å². The molecule has 1 N–H and O–H groups in total. The number of hydrogen-bond acceptors (Lipinski definition) is 2. The molecule has 21 heavy (non-hydrogen) atoms. The molecule has 1 unspecified atom stereocenters. The summed E-state index contributed by atoms with van der Waals surface area (Å²) in [5, 5.41) is 8.62. The van der Waals surface area contributed by atoms with E-state index in [0.717, 1.165) is 27.4 Å². The second kappa shape index (κ2) is 7.09. The van der Waals surface area contributed by atoms with Gasteiger partial charge in [0, 0.05) is 6.08 Å². The molecule has 108 valence electrons. The van der Waals surface area contributed by atoms with Gasteiger partial charge in [0.2, 0.25) is 0 Å². The van der Waals surface area contributed by atoms with E-state index >= 15 is 0 Å². The van der Waals surface area contributed by atoms with Crippen molar-refractivity contribution in [2.45, 2.75) is 13.0 Å². The zero-order valence-electron chi connectivity index (χ0n) is 11.5. The fourth-order valence-corrected chi connectivity index (χ4v) is 2.36. The fraction of sp³-hybridized carbons (Fsp3) is 0.118. The lowest BCUT2D eigenvalue weighted by molar-refractivity contribution is -0.131. The molecule has 0 bridgehead atoms. The predicted octanol–water partition coefficient (Wildman–Crippen LogP) is 4.69. The molecule has 0 aromatic heterocycles. The van der Waals surface area contributed by atoms with Crippen molar-refractivity contribution < 1.29 is 14.6 Å². The molecule has 3 nitrogen and oxygen atoms in total. The lowest BCUT2D eigenvalue weighted by Crippen LogP contribution is -2.03. The van der Waals surface area contributed by atoms with Crippen LogP contribution in [0.3, 0.4) is 0 Å². The van der Waals surface area contributed by atoms with Crippen molar-refractivity contribution in [3.8, 4) is 5.75 Å². The molecule has 0 spiro atoms. The summed E-state index contributed by atoms with van der Waals surface area (Å²) in [6.45, 7) is 1.99. The first kappa shape index (κ1) is 15.3. The van der Waals surface area contributed by atoms with Crippen molar-refractivity contribution in [1.82, 2.24) is 0 Å². The summed E-state index contributed by atoms with van der Waals surface area (Å²) >= 11 is 3.45. The second-order valence-electron chi connectivity index (χ2n) is 4.53. The zero-order valence-corrected chi connectivity index (χ0v) is 13.1. The molecule has 2 aromatic carbocycles. The summed E-state index contributed by atoms with van der Waals surface area (Å²) in [4.78, 5) is 10.5. The van der Waals surface area contributed by atoms with Crippen LogP contribution in [0.5, 0.6) is 5.75 Å². The van der Waals surface area contributed by atoms with Crippen molar-refractivity contribution in [2.75, 3.05) is 0 Å². The molecule has 2 rings (SSSR count). The Morgan fingerprint density at radius 3 is 2.57 bits per heavy atom. The van der Waals surface area contributed by atoms with Gasteiger partial charge in [0.1, 0.15) is 11.9 Å². The van der Waals surface area contributed by atoms with E-state index in [2.05, 4.69) is 15.9 Å². The van der Waals surface area contributed by atoms with Crippen molar-refractivity contribution in [1.29, 1.82) is 0 Å². The highest BCUT2D eigenvalue weighted by Gasteiger charge is 2.09. The SMILES string of the molecule is CC(Oc1ccc(C=CC(=O)O)cc1Br)c1ccccc1. The zero-order chi connectivity index (χ0) is 15.2. The molecule has 0 aliphatic carbocycles. The molecule has 0 heterocycles. The van der Waals surface area contributed by atoms with E-state index in [1.807, 2.05) is 55.5 Å². The van der Waals surface area contributed by atoms with Gasteiger partial charge < -0.3 is 9.84 Å². The van der Waals surface area contributed by atoms with E-state index in [9.17, 15) is 4.79 Å². The number of hydrogen-bond donors (Lipinski definition) is 1. The van der Waals surface area contributed by atoms with Gasteiger partial charge in [-0.1, -0.05) is 36.4 Å². The molecule has 1 atom stereocenters. The lowest BCUT2D eigenvalue weighted by atomic mass is 10.1. The highest BCUT2D eigenvalue weighted by Crippen LogP contribution is 2.30. The minimum atomic E-state index is -0.968. The summed E-state index contributed by atoms with van der Waals surface area (Å²) < 4.78 is 6.71. The maximum absolute atomic E-state index is 10.5. The lowest BCUT2D eigenvalue weighted by Gasteiger charge is -2.16. The van der Waals surface area contributed by atoms with Crippen LogP contribution in [0.4, 0.5) is 0 Å². The Morgan fingerprint density at radius 2 is 1.95 bits per heavy atom. The van der Waals surface area contributed by atoms with Gasteiger partial charge in [0.25, 0.3) is 0 Å². The van der Waals surface area contributed by atoms with Crippen molar-refractivity contribution in [2.24, 2.45) is 0 Å². The average Bonchev–Trinajstić information content (AvgIpc) is 2.48. The average molecular weight is 347 g/mol. The molecule has 0 radical (unpaired) electrons. The number of rotatable bonds is 5. The van der Waals surface area contributed by atoms with Crippen LogP contribution in [0.25, 0.3) is 6.08 Å². The molecular formula is C17H15BrO3. The van der Waals surface area contributed by atoms with Crippen LogP contribution in [0.2, 0.25) is 0 Å². The topological polar surface area (TPSA) is 46.5 Å². The Labute approximate surface area is 132 Å². The molecular weight excluding hydrogens is 332 g/mol. The van der Waals surface area contributed by atoms with Crippen molar-refractivity contribution >= 4 is 28.0 Å². The third kappa shape index (κ3) is 4.46. The molecule has 0 fully saturated rings. The maximum Gasteiger partial charge on any atom is 0.328 e. The first-order valence-corrected chi connectivity index (χ1v) is 7.27. The van der Waals surface area contributed by atoms with Crippen LogP contribution in [0, 0.1) is 0 Å². The number of halogens is 1. The Morgan fingerprint density at radius 1 is 1.24 bits per heavy atom. The Hall–Kier alpha value is -2.07. The summed E-state index contributed by atoms with van der Waals surface area (Å²) in [6, 6.07) is 15.4. The first-order valence-electron chi connectivity index (χ1n) is 6.48. The van der Waals surface area contributed by atoms with Gasteiger partial charge in [-0.25, -0.2) is 4.79 Å². The van der Waals surface area contributed by atoms with E-state index in [1.54, 1.807) is 0 Å². The highest BCUT2D eigenvalue weighted by atomic mass is 79.9. The fourth-order valence-electron chi connectivity index (χ4n) is 1.87. The molecule has 0 aliphatic heterocycles. The highest BCUT2D eigenvalue weighted by molar-refractivity contribution is 9.10. The van der Waals surface area contributed by atoms with Crippen LogP contribution in [-0.2, 0) is 4.79 Å². The number of carbonyl (C=O) groups is 1. The molecule has 0 saturated carbocycles. The smallest absolute Gasteiger partial charge is 0.328 e. The number of carboxylic acid groups (broad SMARTS) is 1. The van der Waals surface area contributed by atoms with E-state index in [4.69, 9.17) is 9.84 Å². The second-order valence-corrected chi connectivity index (χ2v) is 5.39. The first-order chi connectivity index (χ1) is 10.1. The van der Waals surface area contributed by atoms with Gasteiger partial charge >= 0.3 is 5.97 Å². The predicted molar refractivity (Wildman–Crippen MR) is 86.3 cm³/mol. The maximum atomic E-state index is 10.5. The van der Waals surface area contributed by atoms with Gasteiger partial charge in [-0.15, -0.1) is 0 Å². The molecule has 4 heteroatoms. The monoisotopic (exact) mass is 346 g/mol. The molecule has 0 amide bonds. The third-order valence-corrected chi connectivity index (χ3v) is 3.57. The largest absolute Gasteiger partial charge is 0.485 e. The minimum Gasteiger partial charge on any atom is -0.485 e. The standard InChI is InChI=1S/C17H15BrO3/c1-12(14-5-3-2-4-6-14)21-16-9-7-13(11-15(16)18)8-10-17(19)20/h2-12H,1H3,(H,19,20). The normalized spacial score (nSPS) is 12.3. The Bertz CT molecular complexity index is 650. The van der Waals surface area contributed by atoms with Crippen LogP contribution in [0.15, 0.2) is 59.1 Å². The summed E-state index contributed by atoms with van der Waals surface area (Å²) in [7, 11) is 0. The van der Waals surface area contributed by atoms with E-state index in [-0.39, 0.29) is 6.10 Å². The van der Waals surface area contributed by atoms with E-state index in [1.165, 1.54) is 6.08 Å². The van der Waals surface area contributed by atoms with E-state index in [0.29, 0.717) is 0 Å². The van der Waals surface area contributed by atoms with Gasteiger partial charge in [0.05, 0.1) is 4.47 Å². The summed E-state index contributed by atoms with van der Waals surface area (Å²) in [5.41, 5.74) is 1.89. The summed E-state index contributed by atoms with van der Waals surface area (Å²) in [6.07, 6.45) is 2.58. The Kier molecular flexibility index (Phi) is 5.17. The number of benzene rings is 2. The minimum absolute atomic E-state index is 0.0667. The summed E-state index contributed by atoms with van der Waals surface area (Å²) in [5.74, 6) is -0.247. The quantitative estimate of drug-likeness (QED) is 0.799. The molecule has 0 aliphatic rings. The van der Waals surface area contributed by atoms with Crippen molar-refractivity contribution in [3.05, 3.63) is 70.2 Å². The van der Waals surface area contributed by atoms with Crippen LogP contribution in [0.1, 0.15) is 24.2 Å². The van der Waals surface area contributed by atoms with Gasteiger partial charge in [0.15, 0.2) is 0 Å². The van der Waals surface area contributed by atoms with Crippen molar-refractivity contribution in [3.63, 3.8) is 0 Å². The van der Waals surface area contributed by atoms with Crippen LogP contribution >= 0.6 is 15.9 Å². The third-order valence-electron chi connectivity index (χ3n) is 2.95. The number of ether oxygens (including phenoxy) is 1. The van der Waals surface area contributed by atoms with Gasteiger partial charge in [-0.3, -0.25) is 0 Å². The number of aliphatic carboxylic acids is 1. The van der Waals surface area contributed by atoms with Crippen LogP contribution in [-0.4, -0.2) is 11.1 Å². The molecule has 0 saturated heterocycles. The number of carboxylic acids is 1. The van der Waals surface area contributed by atoms with Crippen LogP contribution < -0.4 is 4.74 Å². The van der Waals surface area contributed by atoms with Gasteiger partial charge in [-0.05, 0) is 52.2 Å². The Balaban J connectivity index is 2.13. The van der Waals surface area contributed by atoms with Gasteiger partial charge in [-0.2, -0.15) is 0 Å². The molecule has 2 aromatic rings.